The van der Waals surface area contributed by atoms with Crippen molar-refractivity contribution < 1.29 is 19.1 Å². The van der Waals surface area contributed by atoms with Crippen molar-refractivity contribution in [1.29, 1.82) is 0 Å². The number of amides is 2. The minimum atomic E-state index is 0.0775. The summed E-state index contributed by atoms with van der Waals surface area (Å²) in [4.78, 5) is 26.2. The van der Waals surface area contributed by atoms with E-state index in [1.165, 1.54) is 0 Å². The smallest absolute Gasteiger partial charge is 0.248 e. The average Bonchev–Trinajstić information content (AvgIpc) is 2.59. The van der Waals surface area contributed by atoms with Crippen molar-refractivity contribution in [2.45, 2.75) is 67.4 Å². The summed E-state index contributed by atoms with van der Waals surface area (Å²) in [5.41, 5.74) is 0. The Morgan fingerprint density at radius 1 is 0.800 bits per heavy atom. The predicted molar refractivity (Wildman–Crippen MR) is 103 cm³/mol. The van der Waals surface area contributed by atoms with Gasteiger partial charge >= 0.3 is 0 Å². The summed E-state index contributed by atoms with van der Waals surface area (Å²) in [6.07, 6.45) is 2.27. The van der Waals surface area contributed by atoms with Gasteiger partial charge in [0.2, 0.25) is 11.8 Å². The monoisotopic (exact) mass is 360 g/mol. The van der Waals surface area contributed by atoms with Crippen LogP contribution in [0.1, 0.15) is 61.3 Å². The third-order valence-electron chi connectivity index (χ3n) is 3.64. The van der Waals surface area contributed by atoms with Crippen molar-refractivity contribution in [1.82, 2.24) is 9.80 Å². The lowest BCUT2D eigenvalue weighted by atomic mass is 10.4. The molecule has 0 saturated heterocycles. The first-order chi connectivity index (χ1) is 11.9. The van der Waals surface area contributed by atoms with E-state index < -0.39 is 0 Å². The molecule has 0 aliphatic carbocycles. The van der Waals surface area contributed by atoms with E-state index in [0.29, 0.717) is 6.61 Å². The maximum absolute atomic E-state index is 11.4. The quantitative estimate of drug-likeness (QED) is 0.502. The van der Waals surface area contributed by atoms with Crippen LogP contribution in [0, 0.1) is 0 Å². The van der Waals surface area contributed by atoms with Crippen LogP contribution in [0.15, 0.2) is 0 Å². The van der Waals surface area contributed by atoms with Gasteiger partial charge in [0.25, 0.3) is 0 Å². The van der Waals surface area contributed by atoms with E-state index in [4.69, 9.17) is 9.47 Å². The number of unbranched alkanes of at least 4 members (excludes halogenated alkanes) is 1. The molecular weight excluding hydrogens is 320 g/mol. The van der Waals surface area contributed by atoms with Crippen LogP contribution in [-0.4, -0.2) is 73.7 Å². The second kappa shape index (κ2) is 17.7. The topological polar surface area (TPSA) is 59.1 Å². The molecule has 0 aliphatic heterocycles. The van der Waals surface area contributed by atoms with Crippen LogP contribution in [0.5, 0.6) is 0 Å². The van der Waals surface area contributed by atoms with Gasteiger partial charge in [-0.25, -0.2) is 0 Å². The molecule has 0 rings (SSSR count). The van der Waals surface area contributed by atoms with Crippen LogP contribution in [0.3, 0.4) is 0 Å². The zero-order valence-corrected chi connectivity index (χ0v) is 17.5. The number of rotatable bonds is 12. The molecule has 150 valence electrons. The van der Waals surface area contributed by atoms with Crippen LogP contribution in [0.25, 0.3) is 0 Å². The van der Waals surface area contributed by atoms with Crippen molar-refractivity contribution >= 4 is 11.8 Å². The van der Waals surface area contributed by atoms with Crippen LogP contribution in [0.4, 0.5) is 0 Å². The molecule has 0 spiro atoms. The summed E-state index contributed by atoms with van der Waals surface area (Å²) >= 11 is 0. The molecule has 0 N–H and O–H groups in total. The summed E-state index contributed by atoms with van der Waals surface area (Å²) in [5, 5.41) is 0. The van der Waals surface area contributed by atoms with Gasteiger partial charge in [0.15, 0.2) is 0 Å². The van der Waals surface area contributed by atoms with Gasteiger partial charge in [-0.1, -0.05) is 13.3 Å². The van der Waals surface area contributed by atoms with Crippen molar-refractivity contribution in [3.05, 3.63) is 0 Å². The molecule has 0 radical (unpaired) electrons. The van der Waals surface area contributed by atoms with Gasteiger partial charge in [0, 0.05) is 32.8 Å². The van der Waals surface area contributed by atoms with Gasteiger partial charge < -0.3 is 19.3 Å². The molecule has 0 aromatic rings. The number of carbonyl (C=O) groups is 2. The molecule has 6 heteroatoms. The van der Waals surface area contributed by atoms with Gasteiger partial charge in [-0.3, -0.25) is 9.59 Å². The Morgan fingerprint density at radius 2 is 1.24 bits per heavy atom. The normalized spacial score (nSPS) is 10.2. The Hall–Kier alpha value is -1.14. The molecule has 0 heterocycles. The van der Waals surface area contributed by atoms with Gasteiger partial charge in [-0.2, -0.15) is 0 Å². The highest BCUT2D eigenvalue weighted by Gasteiger charge is 2.09. The van der Waals surface area contributed by atoms with Gasteiger partial charge in [0.05, 0.1) is 6.10 Å². The third kappa shape index (κ3) is 14.9. The number of hydrogen-bond acceptors (Lipinski definition) is 4. The Labute approximate surface area is 154 Å². The first-order valence-electron chi connectivity index (χ1n) is 9.62. The Morgan fingerprint density at radius 3 is 1.60 bits per heavy atom. The number of likely N-dealkylation sites (N-methyl/N-ethyl adjacent to an activating group) is 2. The number of hydrogen-bond donors (Lipinski definition) is 0. The lowest BCUT2D eigenvalue weighted by molar-refractivity contribution is -0.137. The molecule has 0 saturated carbocycles. The predicted octanol–water partition coefficient (Wildman–Crippen LogP) is 2.95. The van der Waals surface area contributed by atoms with Crippen LogP contribution >= 0.6 is 0 Å². The molecule has 6 nitrogen and oxygen atoms in total. The maximum Gasteiger partial charge on any atom is 0.248 e. The van der Waals surface area contributed by atoms with Gasteiger partial charge in [-0.15, -0.1) is 0 Å². The molecule has 25 heavy (non-hydrogen) atoms. The van der Waals surface area contributed by atoms with E-state index in [9.17, 15) is 9.59 Å². The van der Waals surface area contributed by atoms with Crippen molar-refractivity contribution in [3.63, 3.8) is 0 Å². The number of nitrogens with zero attached hydrogens (tertiary/aromatic N) is 2. The zero-order chi connectivity index (χ0) is 19.7. The van der Waals surface area contributed by atoms with Gasteiger partial charge in [0.1, 0.15) is 13.2 Å². The Kier molecular flexibility index (Phi) is 18.4. The molecule has 0 aromatic carbocycles. The molecule has 2 amide bonds. The lowest BCUT2D eigenvalue weighted by Gasteiger charge is -2.19. The zero-order valence-electron chi connectivity index (χ0n) is 17.5. The van der Waals surface area contributed by atoms with Crippen molar-refractivity contribution in [2.75, 3.05) is 46.0 Å². The summed E-state index contributed by atoms with van der Waals surface area (Å²) in [5.74, 6) is 0.176. The summed E-state index contributed by atoms with van der Waals surface area (Å²) in [6.45, 7) is 18.1. The van der Waals surface area contributed by atoms with Crippen LogP contribution < -0.4 is 0 Å². The average molecular weight is 361 g/mol. The molecule has 0 aromatic heterocycles. The van der Waals surface area contributed by atoms with E-state index in [1.54, 1.807) is 9.80 Å². The van der Waals surface area contributed by atoms with E-state index in [2.05, 4.69) is 6.92 Å². The fourth-order valence-electron chi connectivity index (χ4n) is 1.98. The highest BCUT2D eigenvalue weighted by molar-refractivity contribution is 5.77. The molecular formula is C19H40N2O4. The molecule has 0 atom stereocenters. The highest BCUT2D eigenvalue weighted by atomic mass is 16.5. The van der Waals surface area contributed by atoms with Crippen LogP contribution in [-0.2, 0) is 19.1 Å². The fraction of sp³-hybridized carbons (Fsp3) is 0.895. The van der Waals surface area contributed by atoms with E-state index in [-0.39, 0.29) is 31.1 Å². The standard InChI is InChI=1S/C10H21NO2.C9H19NO2/c1-4-7-8-13-9-10(12)11(5-2)6-3;1-5-10(6-2)9(11)7-12-8(3)4/h4-9H2,1-3H3;8H,5-7H2,1-4H3. The highest BCUT2D eigenvalue weighted by Crippen LogP contribution is 1.93. The Bertz CT molecular complexity index is 327. The largest absolute Gasteiger partial charge is 0.372 e. The maximum atomic E-state index is 11.4. The summed E-state index contributed by atoms with van der Waals surface area (Å²) in [7, 11) is 0. The Balaban J connectivity index is 0. The van der Waals surface area contributed by atoms with E-state index in [1.807, 2.05) is 41.5 Å². The molecule has 0 unspecified atom stereocenters. The molecule has 0 fully saturated rings. The summed E-state index contributed by atoms with van der Waals surface area (Å²) < 4.78 is 10.4. The van der Waals surface area contributed by atoms with Crippen molar-refractivity contribution in [3.8, 4) is 0 Å². The van der Waals surface area contributed by atoms with E-state index >= 15 is 0 Å². The lowest BCUT2D eigenvalue weighted by Crippen LogP contribution is -2.34. The third-order valence-corrected chi connectivity index (χ3v) is 3.64. The van der Waals surface area contributed by atoms with Gasteiger partial charge in [-0.05, 0) is 48.0 Å². The first-order valence-corrected chi connectivity index (χ1v) is 9.62. The fourth-order valence-corrected chi connectivity index (χ4v) is 1.98. The van der Waals surface area contributed by atoms with Crippen molar-refractivity contribution in [2.24, 2.45) is 0 Å². The first kappa shape index (κ1) is 26.1. The minimum Gasteiger partial charge on any atom is -0.372 e. The number of carbonyl (C=O) groups excluding carboxylic acids is 2. The van der Waals surface area contributed by atoms with E-state index in [0.717, 1.165) is 39.0 Å². The minimum absolute atomic E-state index is 0.0775. The molecule has 0 aliphatic rings. The molecule has 0 bridgehead atoms. The van der Waals surface area contributed by atoms with Crippen LogP contribution in [0.2, 0.25) is 0 Å². The second-order valence-corrected chi connectivity index (χ2v) is 5.90. The summed E-state index contributed by atoms with van der Waals surface area (Å²) in [6, 6.07) is 0. The number of ether oxygens (including phenoxy) is 2. The SMILES string of the molecule is CCCCOCC(=O)N(CC)CC.CCN(CC)C(=O)COC(C)C. The second-order valence-electron chi connectivity index (χ2n) is 5.90.